The van der Waals surface area contributed by atoms with E-state index in [2.05, 4.69) is 13.2 Å². The van der Waals surface area contributed by atoms with Crippen molar-refractivity contribution in [3.8, 4) is 0 Å². The SMILES string of the molecule is C=CCCCOC(=O)[C@H]1[C@H]2C(=O)N([C@H](C)CO)C(C(=O)N(CC=C)c3ccc4ccccc4c3)C23CC[C@]1(C)S3. The van der Waals surface area contributed by atoms with Crippen molar-refractivity contribution in [2.24, 2.45) is 11.8 Å². The summed E-state index contributed by atoms with van der Waals surface area (Å²) >= 11 is 1.60. The van der Waals surface area contributed by atoms with E-state index in [0.717, 1.165) is 22.9 Å². The van der Waals surface area contributed by atoms with Gasteiger partial charge in [0.1, 0.15) is 6.04 Å². The van der Waals surface area contributed by atoms with Gasteiger partial charge in [-0.15, -0.1) is 24.9 Å². The molecule has 2 amide bonds. The summed E-state index contributed by atoms with van der Waals surface area (Å²) in [6, 6.07) is 12.4. The van der Waals surface area contributed by atoms with Gasteiger partial charge in [0.2, 0.25) is 5.91 Å². The highest BCUT2D eigenvalue weighted by Crippen LogP contribution is 2.71. The van der Waals surface area contributed by atoms with Crippen LogP contribution in [0.15, 0.2) is 67.8 Å². The van der Waals surface area contributed by atoms with Crippen molar-refractivity contribution in [3.05, 3.63) is 67.8 Å². The Morgan fingerprint density at radius 1 is 1.20 bits per heavy atom. The van der Waals surface area contributed by atoms with E-state index in [1.54, 1.807) is 40.6 Å². The molecule has 5 rings (SSSR count). The van der Waals surface area contributed by atoms with Crippen molar-refractivity contribution in [1.82, 2.24) is 4.90 Å². The highest BCUT2D eigenvalue weighted by molar-refractivity contribution is 8.02. The molecule has 8 heteroatoms. The maximum atomic E-state index is 14.7. The second-order valence-corrected chi connectivity index (χ2v) is 13.3. The number of nitrogens with zero attached hydrogens (tertiary/aromatic N) is 2. The van der Waals surface area contributed by atoms with E-state index in [1.807, 2.05) is 49.4 Å². The lowest BCUT2D eigenvalue weighted by molar-refractivity contribution is -0.156. The van der Waals surface area contributed by atoms with Crippen LogP contribution in [0.2, 0.25) is 0 Å². The van der Waals surface area contributed by atoms with Crippen molar-refractivity contribution in [2.75, 3.05) is 24.7 Å². The Bertz CT molecular complexity index is 1350. The van der Waals surface area contributed by atoms with Gasteiger partial charge >= 0.3 is 5.97 Å². The van der Waals surface area contributed by atoms with Crippen LogP contribution < -0.4 is 4.90 Å². The molecule has 6 atom stereocenters. The minimum atomic E-state index is -0.830. The van der Waals surface area contributed by atoms with Gasteiger partial charge in [-0.1, -0.05) is 42.5 Å². The summed E-state index contributed by atoms with van der Waals surface area (Å²) in [7, 11) is 0. The number of hydrogen-bond donors (Lipinski definition) is 1. The van der Waals surface area contributed by atoms with Gasteiger partial charge in [-0.25, -0.2) is 0 Å². The third kappa shape index (κ3) is 4.45. The molecule has 0 aromatic heterocycles. The molecule has 0 aliphatic carbocycles. The molecule has 2 unspecified atom stereocenters. The fourth-order valence-corrected chi connectivity index (χ4v) is 9.32. The number of benzene rings is 2. The number of hydrogen-bond acceptors (Lipinski definition) is 6. The Kier molecular flexibility index (Phi) is 7.86. The highest BCUT2D eigenvalue weighted by atomic mass is 32.2. The summed E-state index contributed by atoms with van der Waals surface area (Å²) in [5.41, 5.74) is 0.717. The first-order valence-electron chi connectivity index (χ1n) is 14.0. The number of aliphatic hydroxyl groups is 1. The van der Waals surface area contributed by atoms with Crippen LogP contribution in [-0.2, 0) is 19.1 Å². The number of carbonyl (C=O) groups is 3. The first kappa shape index (κ1) is 28.4. The van der Waals surface area contributed by atoms with Crippen molar-refractivity contribution in [3.63, 3.8) is 0 Å². The van der Waals surface area contributed by atoms with Crippen molar-refractivity contribution >= 4 is 46.0 Å². The van der Waals surface area contributed by atoms with E-state index < -0.39 is 33.4 Å². The van der Waals surface area contributed by atoms with Crippen LogP contribution in [0.3, 0.4) is 0 Å². The molecule has 1 N–H and O–H groups in total. The molecule has 2 bridgehead atoms. The number of esters is 1. The van der Waals surface area contributed by atoms with Crippen LogP contribution in [0, 0.1) is 11.8 Å². The van der Waals surface area contributed by atoms with E-state index in [9.17, 15) is 19.5 Å². The lowest BCUT2D eigenvalue weighted by atomic mass is 9.66. The number of unbranched alkanes of at least 4 members (excludes halogenated alkanes) is 1. The maximum Gasteiger partial charge on any atom is 0.311 e. The molecular formula is C32H38N2O5S. The van der Waals surface area contributed by atoms with Gasteiger partial charge in [0.05, 0.1) is 35.8 Å². The molecular weight excluding hydrogens is 524 g/mol. The number of likely N-dealkylation sites (tertiary alicyclic amines) is 1. The van der Waals surface area contributed by atoms with Crippen molar-refractivity contribution in [1.29, 1.82) is 0 Å². The minimum absolute atomic E-state index is 0.219. The molecule has 3 saturated heterocycles. The van der Waals surface area contributed by atoms with Crippen LogP contribution in [0.25, 0.3) is 10.8 Å². The summed E-state index contributed by atoms with van der Waals surface area (Å²) < 4.78 is 4.40. The summed E-state index contributed by atoms with van der Waals surface area (Å²) in [6.07, 6.45) is 6.22. The number of carbonyl (C=O) groups excluding carboxylic acids is 3. The van der Waals surface area contributed by atoms with Gasteiger partial charge in [0, 0.05) is 17.0 Å². The Morgan fingerprint density at radius 3 is 2.65 bits per heavy atom. The molecule has 0 saturated carbocycles. The lowest BCUT2D eigenvalue weighted by Gasteiger charge is -2.38. The maximum absolute atomic E-state index is 14.7. The minimum Gasteiger partial charge on any atom is -0.465 e. The predicted molar refractivity (Wildman–Crippen MR) is 159 cm³/mol. The van der Waals surface area contributed by atoms with Crippen LogP contribution in [0.1, 0.15) is 39.5 Å². The zero-order chi connectivity index (χ0) is 28.7. The standard InChI is InChI=1S/C32H38N2O5S/c1-5-7-10-18-39-30(38)26-25-28(36)34(21(3)20-35)27(32(25)16-15-31(26,4)40-32)29(37)33(17-6-2)24-14-13-22-11-8-9-12-23(22)19-24/h5-6,8-9,11-14,19,21,25-27,35H,1-2,7,10,15-18,20H2,3-4H3/t21-,25+,26-,27?,31+,32?/m1/s1. The Morgan fingerprint density at radius 2 is 1.95 bits per heavy atom. The van der Waals surface area contributed by atoms with Gasteiger partial charge < -0.3 is 19.6 Å². The first-order chi connectivity index (χ1) is 19.2. The monoisotopic (exact) mass is 562 g/mol. The van der Waals surface area contributed by atoms with Crippen molar-refractivity contribution in [2.45, 2.75) is 61.1 Å². The Balaban J connectivity index is 1.55. The van der Waals surface area contributed by atoms with E-state index in [0.29, 0.717) is 19.3 Å². The molecule has 2 aromatic carbocycles. The number of aliphatic hydroxyl groups excluding tert-OH is 1. The first-order valence-corrected chi connectivity index (χ1v) is 14.9. The normalized spacial score (nSPS) is 29.3. The number of allylic oxidation sites excluding steroid dienone is 1. The van der Waals surface area contributed by atoms with E-state index in [1.165, 1.54) is 0 Å². The third-order valence-electron chi connectivity index (χ3n) is 8.86. The second-order valence-electron chi connectivity index (χ2n) is 11.4. The largest absolute Gasteiger partial charge is 0.465 e. The van der Waals surface area contributed by atoms with Crippen LogP contribution >= 0.6 is 11.8 Å². The summed E-state index contributed by atoms with van der Waals surface area (Å²) in [5, 5.41) is 12.2. The Hall–Kier alpha value is -3.10. The number of amides is 2. The number of fused-ring (bicyclic) bond motifs is 2. The number of rotatable bonds is 11. The molecule has 3 aliphatic rings. The lowest BCUT2D eigenvalue weighted by Crippen LogP contribution is -2.57. The molecule has 212 valence electrons. The van der Waals surface area contributed by atoms with E-state index >= 15 is 0 Å². The van der Waals surface area contributed by atoms with Crippen LogP contribution in [0.5, 0.6) is 0 Å². The van der Waals surface area contributed by atoms with Gasteiger partial charge in [-0.3, -0.25) is 14.4 Å². The van der Waals surface area contributed by atoms with Crippen LogP contribution in [0.4, 0.5) is 5.69 Å². The van der Waals surface area contributed by atoms with E-state index in [-0.39, 0.29) is 37.5 Å². The summed E-state index contributed by atoms with van der Waals surface area (Å²) in [4.78, 5) is 45.6. The predicted octanol–water partition coefficient (Wildman–Crippen LogP) is 4.73. The average molecular weight is 563 g/mol. The quantitative estimate of drug-likeness (QED) is 0.242. The van der Waals surface area contributed by atoms with Crippen molar-refractivity contribution < 1.29 is 24.2 Å². The van der Waals surface area contributed by atoms with Gasteiger partial charge in [-0.2, -0.15) is 0 Å². The number of anilines is 1. The fourth-order valence-electron chi connectivity index (χ4n) is 7.00. The third-order valence-corrected chi connectivity index (χ3v) is 10.8. The van der Waals surface area contributed by atoms with Gasteiger partial charge in [0.25, 0.3) is 5.91 Å². The number of thioether (sulfide) groups is 1. The smallest absolute Gasteiger partial charge is 0.311 e. The molecule has 3 aliphatic heterocycles. The highest BCUT2D eigenvalue weighted by Gasteiger charge is 2.78. The number of ether oxygens (including phenoxy) is 1. The fraction of sp³-hybridized carbons (Fsp3) is 0.469. The molecule has 3 heterocycles. The summed E-state index contributed by atoms with van der Waals surface area (Å²) in [6.45, 7) is 11.6. The molecule has 1 spiro atoms. The molecule has 2 aromatic rings. The average Bonchev–Trinajstić information content (AvgIpc) is 3.53. The van der Waals surface area contributed by atoms with Crippen LogP contribution in [-0.4, -0.2) is 69.1 Å². The summed E-state index contributed by atoms with van der Waals surface area (Å²) in [5.74, 6) is -2.18. The van der Waals surface area contributed by atoms with Gasteiger partial charge in [0.15, 0.2) is 0 Å². The van der Waals surface area contributed by atoms with E-state index in [4.69, 9.17) is 4.74 Å². The Labute approximate surface area is 240 Å². The molecule has 0 radical (unpaired) electrons. The second kappa shape index (κ2) is 11.1. The zero-order valence-corrected chi connectivity index (χ0v) is 24.1. The van der Waals surface area contributed by atoms with Gasteiger partial charge in [-0.05, 0) is 62.4 Å². The molecule has 3 fully saturated rings. The molecule has 7 nitrogen and oxygen atoms in total. The zero-order valence-electron chi connectivity index (χ0n) is 23.3. The topological polar surface area (TPSA) is 87.1 Å². The molecule has 40 heavy (non-hydrogen) atoms.